The number of rotatable bonds is 8. The Morgan fingerprint density at radius 3 is 0.781 bits per heavy atom. The van der Waals surface area contributed by atoms with Gasteiger partial charge in [-0.3, -0.25) is 0 Å². The van der Waals surface area contributed by atoms with Crippen molar-refractivity contribution in [1.29, 1.82) is 0 Å². The van der Waals surface area contributed by atoms with E-state index in [9.17, 15) is 35.1 Å². The minimum absolute atomic E-state index is 0.451. The van der Waals surface area contributed by atoms with Gasteiger partial charge in [0.15, 0.2) is 93.1 Å². The Bertz CT molecular complexity index is 3530. The second-order valence-corrected chi connectivity index (χ2v) is 15.2. The van der Waals surface area contributed by atoms with Crippen LogP contribution < -0.4 is 10.7 Å². The third-order valence-corrected chi connectivity index (χ3v) is 11.1. The standard InChI is InChI=1S/C48H15F20N5/c49-29-25(30(50)38(58)45(65)37(29)57)21(13-3-1-11-69-13)15-5-7-17(71-15)23(27-33(53)41(61)47(67)42(62)34(27)54)19-9-10-20(73-19)24(28-35(55)43(63)48(68)44(64)36(28)56)18-8-6-16(72-18)22(14-4-2-12-70-14)26-31(51)39(59)46(66)40(60)32(26)52/h1-12,69-70,73H/b21-15+,22-16+,23-19-,24-20-. The van der Waals surface area contributed by atoms with Crippen molar-refractivity contribution in [3.05, 3.63) is 245 Å². The van der Waals surface area contributed by atoms with Gasteiger partial charge in [0.05, 0.1) is 45.1 Å². The molecule has 0 fully saturated rings. The number of hydrogen-bond acceptors (Lipinski definition) is 2. The van der Waals surface area contributed by atoms with Crippen molar-refractivity contribution >= 4 is 33.7 Å². The molecule has 4 aromatic carbocycles. The van der Waals surface area contributed by atoms with Crippen molar-refractivity contribution in [2.75, 3.05) is 0 Å². The fourth-order valence-electron chi connectivity index (χ4n) is 7.84. The van der Waals surface area contributed by atoms with Crippen LogP contribution in [0.2, 0.25) is 0 Å². The normalized spacial score (nSPS) is 15.7. The van der Waals surface area contributed by atoms with Gasteiger partial charge in [-0.1, -0.05) is 0 Å². The van der Waals surface area contributed by atoms with Crippen molar-refractivity contribution in [1.82, 2.24) is 15.0 Å². The summed E-state index contributed by atoms with van der Waals surface area (Å²) in [5.74, 6) is -51.2. The van der Waals surface area contributed by atoms with Crippen molar-refractivity contribution in [2.45, 2.75) is 0 Å². The first-order chi connectivity index (χ1) is 34.6. The number of nitrogens with zero attached hydrogens (tertiary/aromatic N) is 2. The summed E-state index contributed by atoms with van der Waals surface area (Å²) >= 11 is 0. The van der Waals surface area contributed by atoms with Crippen LogP contribution in [0.4, 0.5) is 87.8 Å². The van der Waals surface area contributed by atoms with Crippen molar-refractivity contribution < 1.29 is 87.8 Å². The summed E-state index contributed by atoms with van der Waals surface area (Å²) in [5, 5.41) is -1.93. The van der Waals surface area contributed by atoms with E-state index in [0.717, 1.165) is 24.5 Å². The molecule has 0 saturated carbocycles. The third kappa shape index (κ3) is 7.67. The highest BCUT2D eigenvalue weighted by Crippen LogP contribution is 2.40. The molecule has 7 aromatic rings. The zero-order valence-electron chi connectivity index (χ0n) is 34.9. The van der Waals surface area contributed by atoms with Crippen LogP contribution in [0.5, 0.6) is 0 Å². The molecule has 0 saturated heterocycles. The number of benzene rings is 4. The molecule has 0 radical (unpaired) electrons. The topological polar surface area (TPSA) is 72.1 Å². The van der Waals surface area contributed by atoms with Crippen LogP contribution in [-0.2, 0) is 0 Å². The van der Waals surface area contributed by atoms with Gasteiger partial charge in [-0.05, 0) is 60.7 Å². The molecule has 73 heavy (non-hydrogen) atoms. The molecular weight excluding hydrogens is 1030 g/mol. The highest BCUT2D eigenvalue weighted by atomic mass is 19.2. The minimum Gasteiger partial charge on any atom is -0.361 e. The predicted octanol–water partition coefficient (Wildman–Crippen LogP) is 11.8. The number of aliphatic imine (C=N–C) groups is 2. The Kier molecular flexibility index (Phi) is 12.3. The Morgan fingerprint density at radius 2 is 0.534 bits per heavy atom. The van der Waals surface area contributed by atoms with E-state index in [1.54, 1.807) is 0 Å². The fourth-order valence-corrected chi connectivity index (χ4v) is 7.84. The van der Waals surface area contributed by atoms with Gasteiger partial charge >= 0.3 is 0 Å². The number of H-pyrrole nitrogens is 3. The van der Waals surface area contributed by atoms with Crippen molar-refractivity contribution in [2.24, 2.45) is 9.98 Å². The predicted molar refractivity (Wildman–Crippen MR) is 217 cm³/mol. The number of aromatic amines is 3. The molecule has 3 aromatic heterocycles. The molecule has 0 unspecified atom stereocenters. The molecule has 9 rings (SSSR count). The molecule has 2 aliphatic heterocycles. The van der Waals surface area contributed by atoms with Crippen LogP contribution >= 0.6 is 0 Å². The quantitative estimate of drug-likeness (QED) is 0.0771. The molecular formula is C48H15F20N5. The second-order valence-electron chi connectivity index (χ2n) is 15.2. The fraction of sp³-hybridized carbons (Fsp3) is 0. The van der Waals surface area contributed by atoms with Crippen LogP contribution in [-0.4, -0.2) is 26.4 Å². The number of hydrogen-bond donors (Lipinski definition) is 3. The Morgan fingerprint density at radius 1 is 0.288 bits per heavy atom. The lowest BCUT2D eigenvalue weighted by atomic mass is 9.98. The lowest BCUT2D eigenvalue weighted by molar-refractivity contribution is 0.376. The smallest absolute Gasteiger partial charge is 0.200 e. The largest absolute Gasteiger partial charge is 0.361 e. The van der Waals surface area contributed by atoms with Crippen LogP contribution in [0.25, 0.3) is 22.3 Å². The summed E-state index contributed by atoms with van der Waals surface area (Å²) < 4.78 is 301. The zero-order valence-corrected chi connectivity index (χ0v) is 34.9. The maximum absolute atomic E-state index is 15.9. The van der Waals surface area contributed by atoms with E-state index in [0.29, 0.717) is 36.4 Å². The molecule has 3 N–H and O–H groups in total. The van der Waals surface area contributed by atoms with Crippen LogP contribution in [0.3, 0.4) is 0 Å². The van der Waals surface area contributed by atoms with Gasteiger partial charge in [-0.15, -0.1) is 0 Å². The Labute approximate surface area is 391 Å². The number of halogens is 20. The second kappa shape index (κ2) is 18.2. The van der Waals surface area contributed by atoms with Crippen LogP contribution in [0.15, 0.2) is 94.5 Å². The van der Waals surface area contributed by atoms with Crippen molar-refractivity contribution in [3.8, 4) is 0 Å². The van der Waals surface area contributed by atoms with Crippen molar-refractivity contribution in [3.63, 3.8) is 0 Å². The number of allylic oxidation sites excluding steroid dienone is 4. The average molecular weight is 1040 g/mol. The molecule has 2 aliphatic rings. The average Bonchev–Trinajstić information content (AvgIpc) is 4.26. The van der Waals surface area contributed by atoms with E-state index in [4.69, 9.17) is 0 Å². The van der Waals surface area contributed by atoms with E-state index < -0.39 is 206 Å². The van der Waals surface area contributed by atoms with E-state index in [1.807, 2.05) is 0 Å². The highest BCUT2D eigenvalue weighted by Gasteiger charge is 2.36. The van der Waals surface area contributed by atoms with Crippen LogP contribution in [0, 0.1) is 116 Å². The van der Waals surface area contributed by atoms with Gasteiger partial charge < -0.3 is 15.0 Å². The van der Waals surface area contributed by atoms with E-state index >= 15 is 52.7 Å². The van der Waals surface area contributed by atoms with Gasteiger partial charge in [0.1, 0.15) is 0 Å². The molecule has 0 spiro atoms. The van der Waals surface area contributed by atoms with E-state index in [2.05, 4.69) is 24.9 Å². The summed E-state index contributed by atoms with van der Waals surface area (Å²) in [6.45, 7) is 0. The first-order valence-electron chi connectivity index (χ1n) is 19.9. The monoisotopic (exact) mass is 1040 g/mol. The summed E-state index contributed by atoms with van der Waals surface area (Å²) in [7, 11) is 0. The zero-order chi connectivity index (χ0) is 52.8. The van der Waals surface area contributed by atoms with E-state index in [-0.39, 0.29) is 0 Å². The van der Waals surface area contributed by atoms with Gasteiger partial charge in [0.2, 0.25) is 23.3 Å². The van der Waals surface area contributed by atoms with Crippen LogP contribution in [0.1, 0.15) is 33.6 Å². The number of aromatic nitrogens is 3. The number of nitrogens with one attached hydrogen (secondary N) is 3. The summed E-state index contributed by atoms with van der Waals surface area (Å²) in [5.41, 5.74) is -16.1. The van der Waals surface area contributed by atoms with Gasteiger partial charge in [-0.2, -0.15) is 0 Å². The first-order valence-corrected chi connectivity index (χ1v) is 19.9. The Hall–Kier alpha value is -8.64. The molecule has 0 bridgehead atoms. The molecule has 25 heteroatoms. The maximum atomic E-state index is 15.9. The van der Waals surface area contributed by atoms with Gasteiger partial charge in [-0.25, -0.2) is 97.8 Å². The SMILES string of the molecule is Fc1c(F)c(F)c(/C(=C2\C=CC(C(/c3c(F)c(F)c(F)c(F)c3F)=c3\cc/c(=C(C4=N/C(=C(\c5ccc[nH]5)c5c(F)c(F)c(F)c(F)c5F)C=C4)/c4c(F)c(F)c(F)c(F)c4F)[nH]3)=N2)c2ccc[nH]2)c(F)c1F. The molecule has 0 amide bonds. The minimum atomic E-state index is -2.73. The molecule has 5 heterocycles. The summed E-state index contributed by atoms with van der Waals surface area (Å²) in [6.07, 6.45) is 4.94. The lowest BCUT2D eigenvalue weighted by Crippen LogP contribution is -2.24. The third-order valence-electron chi connectivity index (χ3n) is 11.1. The highest BCUT2D eigenvalue weighted by molar-refractivity contribution is 6.31. The summed E-state index contributed by atoms with van der Waals surface area (Å²) in [4.78, 5) is 15.1. The molecule has 0 aliphatic carbocycles. The maximum Gasteiger partial charge on any atom is 0.200 e. The summed E-state index contributed by atoms with van der Waals surface area (Å²) in [6, 6.07) is 5.62. The molecule has 5 nitrogen and oxygen atoms in total. The molecule has 372 valence electrons. The lowest BCUT2D eigenvalue weighted by Gasteiger charge is -2.14. The first kappa shape index (κ1) is 49.3. The van der Waals surface area contributed by atoms with Gasteiger partial charge in [0, 0.05) is 56.8 Å². The van der Waals surface area contributed by atoms with Gasteiger partial charge in [0.25, 0.3) is 0 Å². The van der Waals surface area contributed by atoms with E-state index in [1.165, 1.54) is 12.1 Å². The Balaban J connectivity index is 1.41. The molecule has 0 atom stereocenters.